The Hall–Kier alpha value is -1.93. The number of nitrogens with two attached hydrogens (primary N) is 1. The highest BCUT2D eigenvalue weighted by Crippen LogP contribution is 2.25. The van der Waals surface area contributed by atoms with Crippen molar-refractivity contribution in [2.24, 2.45) is 23.5 Å². The summed E-state index contributed by atoms with van der Waals surface area (Å²) in [6.07, 6.45) is 1.89. The molecule has 5 atom stereocenters. The predicted molar refractivity (Wildman–Crippen MR) is 122 cm³/mol. The number of carbonyl (C=O) groups is 3. The van der Waals surface area contributed by atoms with Gasteiger partial charge in [0.25, 0.3) is 0 Å². The smallest absolute Gasteiger partial charge is 0.336 e. The molecule has 0 aromatic rings. The topological polar surface area (TPSA) is 117 Å². The van der Waals surface area contributed by atoms with Gasteiger partial charge in [-0.25, -0.2) is 4.79 Å². The van der Waals surface area contributed by atoms with Gasteiger partial charge in [0.1, 0.15) is 0 Å². The molecule has 0 aromatic carbocycles. The van der Waals surface area contributed by atoms with Gasteiger partial charge in [0.15, 0.2) is 0 Å². The molecule has 0 spiro atoms. The van der Waals surface area contributed by atoms with Crippen molar-refractivity contribution in [2.75, 3.05) is 0 Å². The Morgan fingerprint density at radius 3 is 2.12 bits per heavy atom. The minimum atomic E-state index is -1.00. The quantitative estimate of drug-likeness (QED) is 0.364. The number of carbonyl (C=O) groups excluding carboxylic acids is 3. The zero-order valence-electron chi connectivity index (χ0n) is 20.8. The molecule has 1 aliphatic carbocycles. The molecule has 8 heteroatoms. The average Bonchev–Trinajstić information content (AvgIpc) is 2.71. The fraction of sp³-hybridized carbons (Fsp3) is 0.792. The second kappa shape index (κ2) is 12.9. The summed E-state index contributed by atoms with van der Waals surface area (Å²) in [6.45, 7) is 14.7. The lowest BCUT2D eigenvalue weighted by atomic mass is 9.88. The van der Waals surface area contributed by atoms with Crippen molar-refractivity contribution < 1.29 is 28.6 Å². The van der Waals surface area contributed by atoms with Crippen molar-refractivity contribution in [3.05, 3.63) is 11.6 Å². The highest BCUT2D eigenvalue weighted by Gasteiger charge is 2.37. The molecule has 0 aromatic heterocycles. The number of nitrogens with one attached hydrogen (secondary N) is 1. The second-order valence-electron chi connectivity index (χ2n) is 9.31. The van der Waals surface area contributed by atoms with E-state index in [-0.39, 0.29) is 36.2 Å². The molecule has 0 bridgehead atoms. The third-order valence-corrected chi connectivity index (χ3v) is 5.90. The van der Waals surface area contributed by atoms with Crippen LogP contribution in [0.1, 0.15) is 74.7 Å². The molecule has 32 heavy (non-hydrogen) atoms. The largest absolute Gasteiger partial charge is 0.425 e. The summed E-state index contributed by atoms with van der Waals surface area (Å²) in [6, 6.07) is -0.970. The van der Waals surface area contributed by atoms with E-state index < -0.39 is 36.4 Å². The van der Waals surface area contributed by atoms with E-state index in [4.69, 9.17) is 19.9 Å². The first-order valence-corrected chi connectivity index (χ1v) is 11.7. The SMILES string of the molecule is CCC(CC)O[C@@H]1C=C(C(=O)OC(OC(=O)[C@H](C)C(C)C)C(C)C)C[C@H](N)[C@H]1NC(C)=O. The monoisotopic (exact) mass is 454 g/mol. The van der Waals surface area contributed by atoms with Crippen molar-refractivity contribution >= 4 is 17.8 Å². The molecule has 0 radical (unpaired) electrons. The average molecular weight is 455 g/mol. The number of ether oxygens (including phenoxy) is 3. The summed E-state index contributed by atoms with van der Waals surface area (Å²) >= 11 is 0. The van der Waals surface area contributed by atoms with Gasteiger partial charge in [-0.3, -0.25) is 9.59 Å². The molecule has 0 saturated carbocycles. The molecule has 3 N–H and O–H groups in total. The van der Waals surface area contributed by atoms with E-state index in [1.54, 1.807) is 13.0 Å². The Kier molecular flexibility index (Phi) is 11.4. The van der Waals surface area contributed by atoms with E-state index in [0.29, 0.717) is 5.57 Å². The number of amides is 1. The summed E-state index contributed by atoms with van der Waals surface area (Å²) < 4.78 is 17.2. The Morgan fingerprint density at radius 1 is 1.06 bits per heavy atom. The maximum atomic E-state index is 13.0. The lowest BCUT2D eigenvalue weighted by Crippen LogP contribution is -2.57. The first kappa shape index (κ1) is 28.1. The van der Waals surface area contributed by atoms with Crippen LogP contribution >= 0.6 is 0 Å². The van der Waals surface area contributed by atoms with Crippen LogP contribution in [0.3, 0.4) is 0 Å². The maximum absolute atomic E-state index is 13.0. The summed E-state index contributed by atoms with van der Waals surface area (Å²) in [7, 11) is 0. The van der Waals surface area contributed by atoms with Crippen LogP contribution in [0.4, 0.5) is 0 Å². The van der Waals surface area contributed by atoms with E-state index in [1.807, 2.05) is 41.5 Å². The van der Waals surface area contributed by atoms with E-state index in [9.17, 15) is 14.4 Å². The van der Waals surface area contributed by atoms with Gasteiger partial charge >= 0.3 is 11.9 Å². The fourth-order valence-electron chi connectivity index (χ4n) is 3.37. The lowest BCUT2D eigenvalue weighted by molar-refractivity contribution is -0.197. The molecule has 184 valence electrons. The highest BCUT2D eigenvalue weighted by atomic mass is 16.7. The maximum Gasteiger partial charge on any atom is 0.336 e. The first-order valence-electron chi connectivity index (χ1n) is 11.7. The zero-order chi connectivity index (χ0) is 24.6. The Morgan fingerprint density at radius 2 is 1.66 bits per heavy atom. The standard InChI is InChI=1S/C24H42N2O6/c1-9-18(10-2)30-20-12-17(11-19(25)21(20)26-16(8)27)23(29)32-24(14(5)6)31-22(28)15(7)13(3)4/h12-15,18-21,24H,9-11,25H2,1-8H3,(H,26,27)/t15-,19+,20-,21-,24?/m1/s1. The van der Waals surface area contributed by atoms with Crippen LogP contribution in [-0.2, 0) is 28.6 Å². The van der Waals surface area contributed by atoms with Gasteiger partial charge < -0.3 is 25.3 Å². The molecular weight excluding hydrogens is 412 g/mol. The van der Waals surface area contributed by atoms with Crippen molar-refractivity contribution in [1.82, 2.24) is 5.32 Å². The molecule has 8 nitrogen and oxygen atoms in total. The van der Waals surface area contributed by atoms with E-state index in [2.05, 4.69) is 5.32 Å². The molecule has 0 heterocycles. The first-order chi connectivity index (χ1) is 14.9. The van der Waals surface area contributed by atoms with Crippen LogP contribution < -0.4 is 11.1 Å². The van der Waals surface area contributed by atoms with Gasteiger partial charge in [0.05, 0.1) is 24.2 Å². The van der Waals surface area contributed by atoms with Crippen LogP contribution in [-0.4, -0.2) is 48.4 Å². The van der Waals surface area contributed by atoms with Crippen LogP contribution in [0.15, 0.2) is 11.6 Å². The zero-order valence-corrected chi connectivity index (χ0v) is 20.8. The number of rotatable bonds is 11. The molecule has 1 amide bonds. The third-order valence-electron chi connectivity index (χ3n) is 5.90. The van der Waals surface area contributed by atoms with Gasteiger partial charge in [0, 0.05) is 24.5 Å². The molecule has 0 saturated heterocycles. The summed E-state index contributed by atoms with van der Waals surface area (Å²) in [4.78, 5) is 37.0. The molecule has 0 aliphatic heterocycles. The molecule has 1 rings (SSSR count). The van der Waals surface area contributed by atoms with Gasteiger partial charge in [-0.05, 0) is 31.3 Å². The second-order valence-corrected chi connectivity index (χ2v) is 9.31. The van der Waals surface area contributed by atoms with Gasteiger partial charge in [-0.1, -0.05) is 48.5 Å². The summed E-state index contributed by atoms with van der Waals surface area (Å²) in [5, 5.41) is 2.85. The number of esters is 2. The van der Waals surface area contributed by atoms with Crippen molar-refractivity contribution in [3.63, 3.8) is 0 Å². The van der Waals surface area contributed by atoms with Crippen LogP contribution in [0, 0.1) is 17.8 Å². The van der Waals surface area contributed by atoms with E-state index in [1.165, 1.54) is 6.92 Å². The van der Waals surface area contributed by atoms with Gasteiger partial charge in [0.2, 0.25) is 12.2 Å². The van der Waals surface area contributed by atoms with E-state index in [0.717, 1.165) is 12.8 Å². The Labute approximate surface area is 192 Å². The van der Waals surface area contributed by atoms with Crippen molar-refractivity contribution in [3.8, 4) is 0 Å². The van der Waals surface area contributed by atoms with Gasteiger partial charge in [-0.15, -0.1) is 0 Å². The Balaban J connectivity index is 3.05. The van der Waals surface area contributed by atoms with Gasteiger partial charge in [-0.2, -0.15) is 0 Å². The van der Waals surface area contributed by atoms with Crippen LogP contribution in [0.2, 0.25) is 0 Å². The van der Waals surface area contributed by atoms with E-state index >= 15 is 0 Å². The van der Waals surface area contributed by atoms with Crippen LogP contribution in [0.5, 0.6) is 0 Å². The number of hydrogen-bond acceptors (Lipinski definition) is 7. The highest BCUT2D eigenvalue weighted by molar-refractivity contribution is 5.89. The normalized spacial score (nSPS) is 23.0. The third kappa shape index (κ3) is 8.20. The molecule has 0 fully saturated rings. The summed E-state index contributed by atoms with van der Waals surface area (Å²) in [5.41, 5.74) is 6.68. The van der Waals surface area contributed by atoms with Crippen LogP contribution in [0.25, 0.3) is 0 Å². The number of hydrogen-bond donors (Lipinski definition) is 2. The minimum absolute atomic E-state index is 0.0306. The predicted octanol–water partition coefficient (Wildman–Crippen LogP) is 3.08. The summed E-state index contributed by atoms with van der Waals surface area (Å²) in [5.74, 6) is -1.63. The fourth-order valence-corrected chi connectivity index (χ4v) is 3.37. The molecule has 1 aliphatic rings. The molecular formula is C24H42N2O6. The minimum Gasteiger partial charge on any atom is -0.425 e. The Bertz CT molecular complexity index is 671. The molecule has 1 unspecified atom stereocenters. The van der Waals surface area contributed by atoms with Crippen molar-refractivity contribution in [2.45, 2.75) is 105 Å². The lowest BCUT2D eigenvalue weighted by Gasteiger charge is -2.37. The van der Waals surface area contributed by atoms with Crippen molar-refractivity contribution in [1.29, 1.82) is 0 Å².